The molecule has 3 rings (SSSR count). The molecule has 0 aliphatic heterocycles. The molecule has 0 spiro atoms. The smallest absolute Gasteiger partial charge is 0.273 e. The van der Waals surface area contributed by atoms with Gasteiger partial charge in [-0.15, -0.1) is 0 Å². The van der Waals surface area contributed by atoms with Crippen molar-refractivity contribution in [1.29, 1.82) is 0 Å². The number of benzene rings is 3. The Labute approximate surface area is 201 Å². The normalized spacial score (nSPS) is 10.6. The van der Waals surface area contributed by atoms with Gasteiger partial charge in [0.15, 0.2) is 18.1 Å². The molecule has 180 valence electrons. The molecule has 0 atom stereocenters. The molecule has 0 fully saturated rings. The number of nitro groups is 1. The van der Waals surface area contributed by atoms with Crippen LogP contribution in [0.4, 0.5) is 11.4 Å². The highest BCUT2D eigenvalue weighted by molar-refractivity contribution is 5.92. The fourth-order valence-corrected chi connectivity index (χ4v) is 3.09. The van der Waals surface area contributed by atoms with Crippen LogP contribution in [-0.4, -0.2) is 36.7 Å². The van der Waals surface area contributed by atoms with Gasteiger partial charge in [-0.25, -0.2) is 5.43 Å². The number of hydrogen-bond acceptors (Lipinski definition) is 7. The maximum Gasteiger partial charge on any atom is 0.273 e. The van der Waals surface area contributed by atoms with E-state index < -0.39 is 10.8 Å². The second-order valence-corrected chi connectivity index (χ2v) is 7.47. The van der Waals surface area contributed by atoms with Crippen molar-refractivity contribution in [3.05, 3.63) is 93.5 Å². The number of para-hydroxylation sites is 1. The predicted molar refractivity (Wildman–Crippen MR) is 131 cm³/mol. The number of hydrogen-bond donors (Lipinski definition) is 2. The first-order valence-corrected chi connectivity index (χ1v) is 10.6. The van der Waals surface area contributed by atoms with Crippen LogP contribution in [0.1, 0.15) is 16.7 Å². The van der Waals surface area contributed by atoms with Crippen LogP contribution in [0.15, 0.2) is 71.8 Å². The highest BCUT2D eigenvalue weighted by Crippen LogP contribution is 2.27. The van der Waals surface area contributed by atoms with Crippen molar-refractivity contribution in [2.75, 3.05) is 19.0 Å². The monoisotopic (exact) mass is 476 g/mol. The summed E-state index contributed by atoms with van der Waals surface area (Å²) in [4.78, 5) is 34.8. The maximum atomic E-state index is 12.2. The number of hydrazone groups is 1. The quantitative estimate of drug-likeness (QED) is 0.261. The molecule has 0 aliphatic carbocycles. The van der Waals surface area contributed by atoms with Crippen molar-refractivity contribution in [1.82, 2.24) is 5.43 Å². The number of nitro benzene ring substituents is 1. The second-order valence-electron chi connectivity index (χ2n) is 7.47. The van der Waals surface area contributed by atoms with Crippen LogP contribution in [0.2, 0.25) is 0 Å². The van der Waals surface area contributed by atoms with Crippen molar-refractivity contribution in [2.24, 2.45) is 5.10 Å². The number of rotatable bonds is 10. The highest BCUT2D eigenvalue weighted by atomic mass is 16.6. The summed E-state index contributed by atoms with van der Waals surface area (Å²) in [5.41, 5.74) is 4.88. The number of nitrogens with one attached hydrogen (secondary N) is 2. The van der Waals surface area contributed by atoms with E-state index >= 15 is 0 Å². The van der Waals surface area contributed by atoms with Gasteiger partial charge in [-0.3, -0.25) is 19.7 Å². The molecule has 0 saturated heterocycles. The van der Waals surface area contributed by atoms with E-state index in [9.17, 15) is 19.7 Å². The summed E-state index contributed by atoms with van der Waals surface area (Å²) in [6.07, 6.45) is 1.21. The minimum absolute atomic E-state index is 0.125. The van der Waals surface area contributed by atoms with Gasteiger partial charge in [0, 0.05) is 17.3 Å². The summed E-state index contributed by atoms with van der Waals surface area (Å²) >= 11 is 0. The lowest BCUT2D eigenvalue weighted by Gasteiger charge is -2.11. The maximum absolute atomic E-state index is 12.2. The molecule has 3 aromatic rings. The van der Waals surface area contributed by atoms with E-state index in [0.717, 1.165) is 5.56 Å². The van der Waals surface area contributed by atoms with Crippen molar-refractivity contribution in [3.8, 4) is 11.5 Å². The topological polar surface area (TPSA) is 132 Å². The first-order valence-electron chi connectivity index (χ1n) is 10.6. The molecule has 0 saturated carbocycles. The fraction of sp³-hybridized carbons (Fsp3) is 0.160. The number of nitrogens with zero attached hydrogens (tertiary/aromatic N) is 2. The third-order valence-electron chi connectivity index (χ3n) is 4.82. The highest BCUT2D eigenvalue weighted by Gasteiger charge is 2.15. The van der Waals surface area contributed by atoms with E-state index in [-0.39, 0.29) is 24.6 Å². The summed E-state index contributed by atoms with van der Waals surface area (Å²) in [5.74, 6) is -0.0718. The van der Waals surface area contributed by atoms with Crippen molar-refractivity contribution >= 4 is 29.4 Å². The van der Waals surface area contributed by atoms with E-state index in [1.54, 1.807) is 24.3 Å². The van der Waals surface area contributed by atoms with Crippen LogP contribution < -0.4 is 20.2 Å². The minimum Gasteiger partial charge on any atom is -0.493 e. The lowest BCUT2D eigenvalue weighted by atomic mass is 10.1. The van der Waals surface area contributed by atoms with E-state index in [1.165, 1.54) is 31.5 Å². The third-order valence-corrected chi connectivity index (χ3v) is 4.82. The molecular formula is C25H24N4O6. The number of carbonyl (C=O) groups excluding carboxylic acids is 2. The standard InChI is InChI=1S/C25H24N4O6/c1-17-7-10-20(11-8-17)27-25(31)16-35-22-12-9-18(13-23(22)34-2)15-26-28-24(30)14-19-5-3-4-6-21(19)29(32)33/h3-13,15H,14,16H2,1-2H3,(H,27,31)(H,28,30). The summed E-state index contributed by atoms with van der Waals surface area (Å²) in [7, 11) is 1.46. The summed E-state index contributed by atoms with van der Waals surface area (Å²) < 4.78 is 10.9. The SMILES string of the molecule is COc1cc(C=NNC(=O)Cc2ccccc2[N+](=O)[O-])ccc1OCC(=O)Nc1ccc(C)cc1. The molecule has 2 N–H and O–H groups in total. The first-order chi connectivity index (χ1) is 16.9. The van der Waals surface area contributed by atoms with Crippen molar-refractivity contribution in [2.45, 2.75) is 13.3 Å². The van der Waals surface area contributed by atoms with Gasteiger partial charge in [-0.2, -0.15) is 5.10 Å². The van der Waals surface area contributed by atoms with Crippen LogP contribution >= 0.6 is 0 Å². The molecule has 35 heavy (non-hydrogen) atoms. The Morgan fingerprint density at radius 1 is 1.03 bits per heavy atom. The van der Waals surface area contributed by atoms with Gasteiger partial charge in [-0.05, 0) is 42.8 Å². The Balaban J connectivity index is 1.54. The molecule has 2 amide bonds. The largest absolute Gasteiger partial charge is 0.493 e. The van der Waals surface area contributed by atoms with Gasteiger partial charge in [-0.1, -0.05) is 35.9 Å². The van der Waals surface area contributed by atoms with Crippen LogP contribution in [0, 0.1) is 17.0 Å². The van der Waals surface area contributed by atoms with Gasteiger partial charge < -0.3 is 14.8 Å². The molecule has 3 aromatic carbocycles. The van der Waals surface area contributed by atoms with E-state index in [1.807, 2.05) is 31.2 Å². The molecule has 0 bridgehead atoms. The Bertz CT molecular complexity index is 1240. The van der Waals surface area contributed by atoms with Crippen molar-refractivity contribution in [3.63, 3.8) is 0 Å². The minimum atomic E-state index is -0.534. The third kappa shape index (κ3) is 7.39. The average molecular weight is 476 g/mol. The van der Waals surface area contributed by atoms with E-state index in [0.29, 0.717) is 28.3 Å². The Morgan fingerprint density at radius 3 is 2.49 bits per heavy atom. The molecule has 10 heteroatoms. The number of anilines is 1. The van der Waals surface area contributed by atoms with Gasteiger partial charge in [0.25, 0.3) is 11.6 Å². The molecular weight excluding hydrogens is 452 g/mol. The number of aryl methyl sites for hydroxylation is 1. The molecule has 10 nitrogen and oxygen atoms in total. The number of ether oxygens (including phenoxy) is 2. The molecule has 0 aromatic heterocycles. The molecule has 0 radical (unpaired) electrons. The van der Waals surface area contributed by atoms with Gasteiger partial charge >= 0.3 is 0 Å². The van der Waals surface area contributed by atoms with Crippen LogP contribution in [0.5, 0.6) is 11.5 Å². The predicted octanol–water partition coefficient (Wildman–Crippen LogP) is 3.62. The average Bonchev–Trinajstić information content (AvgIpc) is 2.84. The number of amides is 2. The Morgan fingerprint density at radius 2 is 1.77 bits per heavy atom. The Hall–Kier alpha value is -4.73. The summed E-state index contributed by atoms with van der Waals surface area (Å²) in [6, 6.07) is 18.4. The van der Waals surface area contributed by atoms with Crippen LogP contribution in [0.25, 0.3) is 0 Å². The molecule has 0 heterocycles. The van der Waals surface area contributed by atoms with Crippen LogP contribution in [0.3, 0.4) is 0 Å². The fourth-order valence-electron chi connectivity index (χ4n) is 3.09. The zero-order valence-electron chi connectivity index (χ0n) is 19.2. The Kier molecular flexibility index (Phi) is 8.49. The van der Waals surface area contributed by atoms with Crippen LogP contribution in [-0.2, 0) is 16.0 Å². The summed E-state index contributed by atoms with van der Waals surface area (Å²) in [5, 5.41) is 17.7. The lowest BCUT2D eigenvalue weighted by molar-refractivity contribution is -0.385. The van der Waals surface area contributed by atoms with Gasteiger partial charge in [0.2, 0.25) is 5.91 Å². The van der Waals surface area contributed by atoms with Gasteiger partial charge in [0.1, 0.15) is 0 Å². The van der Waals surface area contributed by atoms with E-state index in [4.69, 9.17) is 9.47 Å². The van der Waals surface area contributed by atoms with Gasteiger partial charge in [0.05, 0.1) is 24.7 Å². The number of methoxy groups -OCH3 is 1. The zero-order valence-corrected chi connectivity index (χ0v) is 19.2. The molecule has 0 aliphatic rings. The van der Waals surface area contributed by atoms with Crippen molar-refractivity contribution < 1.29 is 24.0 Å². The summed E-state index contributed by atoms with van der Waals surface area (Å²) in [6.45, 7) is 1.75. The lowest BCUT2D eigenvalue weighted by Crippen LogP contribution is -2.20. The zero-order chi connectivity index (χ0) is 25.2. The first kappa shape index (κ1) is 24.9. The molecule has 0 unspecified atom stereocenters. The second kappa shape index (κ2) is 11.9. The number of carbonyl (C=O) groups is 2. The van der Waals surface area contributed by atoms with E-state index in [2.05, 4.69) is 15.8 Å².